The van der Waals surface area contributed by atoms with Gasteiger partial charge in [-0.3, -0.25) is 0 Å². The summed E-state index contributed by atoms with van der Waals surface area (Å²) >= 11 is 0. The van der Waals surface area contributed by atoms with Crippen LogP contribution in [0.4, 0.5) is 0 Å². The van der Waals surface area contributed by atoms with E-state index in [0.29, 0.717) is 17.9 Å². The largest absolute Gasteiger partial charge is 0.309 e. The van der Waals surface area contributed by atoms with Crippen molar-refractivity contribution >= 4 is 0 Å². The third-order valence-corrected chi connectivity index (χ3v) is 4.31. The average Bonchev–Trinajstić information content (AvgIpc) is 2.52. The molecule has 112 valence electrons. The minimum absolute atomic E-state index is 0.384. The maximum Gasteiger partial charge on any atom is 0.0360 e. The normalized spacial score (nSPS) is 14.1. The van der Waals surface area contributed by atoms with Gasteiger partial charge in [-0.1, -0.05) is 81.4 Å². The van der Waals surface area contributed by atoms with Crippen molar-refractivity contribution in [2.75, 3.05) is 6.54 Å². The van der Waals surface area contributed by atoms with E-state index in [1.54, 1.807) is 0 Å². The lowest BCUT2D eigenvalue weighted by Gasteiger charge is -2.23. The minimum atomic E-state index is 0.384. The molecule has 0 heterocycles. The zero-order chi connectivity index (χ0) is 15.1. The molecule has 0 saturated heterocycles. The highest BCUT2D eigenvalue weighted by molar-refractivity contribution is 5.23. The first-order valence-corrected chi connectivity index (χ1v) is 7.99. The highest BCUT2D eigenvalue weighted by Gasteiger charge is 2.14. The topological polar surface area (TPSA) is 12.0 Å². The van der Waals surface area contributed by atoms with Crippen LogP contribution in [0.25, 0.3) is 0 Å². The van der Waals surface area contributed by atoms with Gasteiger partial charge in [0.1, 0.15) is 0 Å². The van der Waals surface area contributed by atoms with Crippen molar-refractivity contribution in [3.8, 4) is 0 Å². The monoisotopic (exact) mass is 281 g/mol. The van der Waals surface area contributed by atoms with E-state index in [-0.39, 0.29) is 0 Å². The van der Waals surface area contributed by atoms with Crippen LogP contribution in [0.2, 0.25) is 0 Å². The standard InChI is InChI=1S/C20H27N/c1-16(2)17(3)15-21-20(19-12-8-5-9-13-19)14-18-10-6-4-7-11-18/h4-13,16-17,20-21H,14-15H2,1-3H3. The van der Waals surface area contributed by atoms with Crippen molar-refractivity contribution in [3.05, 3.63) is 71.8 Å². The summed E-state index contributed by atoms with van der Waals surface area (Å²) in [5, 5.41) is 3.77. The summed E-state index contributed by atoms with van der Waals surface area (Å²) in [5.74, 6) is 1.40. The SMILES string of the molecule is CC(C)C(C)CNC(Cc1ccccc1)c1ccccc1. The first kappa shape index (κ1) is 15.8. The van der Waals surface area contributed by atoms with E-state index in [2.05, 4.69) is 86.8 Å². The Balaban J connectivity index is 2.07. The van der Waals surface area contributed by atoms with Crippen molar-refractivity contribution in [1.29, 1.82) is 0 Å². The molecule has 1 nitrogen and oxygen atoms in total. The van der Waals surface area contributed by atoms with Crippen LogP contribution < -0.4 is 5.32 Å². The molecule has 1 N–H and O–H groups in total. The predicted octanol–water partition coefficient (Wildman–Crippen LogP) is 4.85. The van der Waals surface area contributed by atoms with Crippen LogP contribution in [0.1, 0.15) is 37.9 Å². The Bertz CT molecular complexity index is 504. The molecule has 2 rings (SSSR count). The molecule has 0 aliphatic heterocycles. The number of hydrogen-bond donors (Lipinski definition) is 1. The highest BCUT2D eigenvalue weighted by atomic mass is 14.9. The molecule has 0 aliphatic rings. The zero-order valence-corrected chi connectivity index (χ0v) is 13.4. The third kappa shape index (κ3) is 5.02. The molecule has 0 bridgehead atoms. The van der Waals surface area contributed by atoms with Crippen LogP contribution in [0, 0.1) is 11.8 Å². The lowest BCUT2D eigenvalue weighted by Crippen LogP contribution is -2.29. The van der Waals surface area contributed by atoms with Gasteiger partial charge in [0.2, 0.25) is 0 Å². The summed E-state index contributed by atoms with van der Waals surface area (Å²) in [5.41, 5.74) is 2.76. The fourth-order valence-corrected chi connectivity index (χ4v) is 2.41. The molecule has 0 aromatic heterocycles. The first-order chi connectivity index (χ1) is 10.2. The van der Waals surface area contributed by atoms with Gasteiger partial charge in [-0.05, 0) is 35.9 Å². The summed E-state index contributed by atoms with van der Waals surface area (Å²) in [4.78, 5) is 0. The van der Waals surface area contributed by atoms with Crippen LogP contribution in [-0.4, -0.2) is 6.54 Å². The molecule has 0 fully saturated rings. The second-order valence-corrected chi connectivity index (χ2v) is 6.28. The first-order valence-electron chi connectivity index (χ1n) is 7.99. The summed E-state index contributed by atoms with van der Waals surface area (Å²) in [6.07, 6.45) is 1.04. The molecule has 2 atom stereocenters. The van der Waals surface area contributed by atoms with E-state index in [1.165, 1.54) is 11.1 Å². The van der Waals surface area contributed by atoms with E-state index >= 15 is 0 Å². The summed E-state index contributed by atoms with van der Waals surface area (Å²) in [7, 11) is 0. The predicted molar refractivity (Wildman–Crippen MR) is 91.3 cm³/mol. The molecule has 0 amide bonds. The molecule has 0 radical (unpaired) electrons. The van der Waals surface area contributed by atoms with Gasteiger partial charge in [-0.2, -0.15) is 0 Å². The van der Waals surface area contributed by atoms with Crippen LogP contribution in [0.3, 0.4) is 0 Å². The van der Waals surface area contributed by atoms with E-state index < -0.39 is 0 Å². The Morgan fingerprint density at radius 3 is 1.95 bits per heavy atom. The molecule has 2 aromatic carbocycles. The number of hydrogen-bond acceptors (Lipinski definition) is 1. The summed E-state index contributed by atoms with van der Waals surface area (Å²) in [6.45, 7) is 7.97. The number of benzene rings is 2. The van der Waals surface area contributed by atoms with E-state index in [1.807, 2.05) is 0 Å². The molecular weight excluding hydrogens is 254 g/mol. The van der Waals surface area contributed by atoms with Gasteiger partial charge in [0.05, 0.1) is 0 Å². The summed E-state index contributed by atoms with van der Waals surface area (Å²) < 4.78 is 0. The van der Waals surface area contributed by atoms with Gasteiger partial charge in [0.25, 0.3) is 0 Å². The Kier molecular flexibility index (Phi) is 6.01. The van der Waals surface area contributed by atoms with E-state index in [0.717, 1.165) is 13.0 Å². The van der Waals surface area contributed by atoms with Crippen LogP contribution in [-0.2, 0) is 6.42 Å². The zero-order valence-electron chi connectivity index (χ0n) is 13.4. The van der Waals surface area contributed by atoms with Crippen LogP contribution in [0.15, 0.2) is 60.7 Å². The lowest BCUT2D eigenvalue weighted by molar-refractivity contribution is 0.368. The van der Waals surface area contributed by atoms with Gasteiger partial charge < -0.3 is 5.32 Å². The smallest absolute Gasteiger partial charge is 0.0360 e. The van der Waals surface area contributed by atoms with E-state index in [4.69, 9.17) is 0 Å². The molecule has 2 aromatic rings. The Labute approximate surface area is 129 Å². The van der Waals surface area contributed by atoms with Crippen molar-refractivity contribution in [1.82, 2.24) is 5.32 Å². The Morgan fingerprint density at radius 2 is 1.38 bits per heavy atom. The molecular formula is C20H27N. The minimum Gasteiger partial charge on any atom is -0.309 e. The molecule has 0 aliphatic carbocycles. The Hall–Kier alpha value is -1.60. The molecule has 2 unspecified atom stereocenters. The van der Waals surface area contributed by atoms with Crippen molar-refractivity contribution in [2.24, 2.45) is 11.8 Å². The van der Waals surface area contributed by atoms with Gasteiger partial charge in [0, 0.05) is 6.04 Å². The molecule has 21 heavy (non-hydrogen) atoms. The number of rotatable bonds is 7. The maximum absolute atomic E-state index is 3.77. The third-order valence-electron chi connectivity index (χ3n) is 4.31. The van der Waals surface area contributed by atoms with Crippen LogP contribution >= 0.6 is 0 Å². The quantitative estimate of drug-likeness (QED) is 0.765. The van der Waals surface area contributed by atoms with E-state index in [9.17, 15) is 0 Å². The van der Waals surface area contributed by atoms with Gasteiger partial charge in [-0.25, -0.2) is 0 Å². The average molecular weight is 281 g/mol. The highest BCUT2D eigenvalue weighted by Crippen LogP contribution is 2.19. The van der Waals surface area contributed by atoms with Crippen LogP contribution in [0.5, 0.6) is 0 Å². The second kappa shape index (κ2) is 7.99. The number of nitrogens with one attached hydrogen (secondary N) is 1. The second-order valence-electron chi connectivity index (χ2n) is 6.28. The lowest BCUT2D eigenvalue weighted by atomic mass is 9.95. The van der Waals surface area contributed by atoms with Gasteiger partial charge >= 0.3 is 0 Å². The van der Waals surface area contributed by atoms with Gasteiger partial charge in [0.15, 0.2) is 0 Å². The maximum atomic E-state index is 3.77. The summed E-state index contributed by atoms with van der Waals surface area (Å²) in [6, 6.07) is 21.9. The fourth-order valence-electron chi connectivity index (χ4n) is 2.41. The molecule has 0 spiro atoms. The van der Waals surface area contributed by atoms with Crippen molar-refractivity contribution in [3.63, 3.8) is 0 Å². The van der Waals surface area contributed by atoms with Crippen molar-refractivity contribution in [2.45, 2.75) is 33.2 Å². The fraction of sp³-hybridized carbons (Fsp3) is 0.400. The molecule has 1 heteroatoms. The molecule has 0 saturated carbocycles. The van der Waals surface area contributed by atoms with Crippen molar-refractivity contribution < 1.29 is 0 Å². The van der Waals surface area contributed by atoms with Gasteiger partial charge in [-0.15, -0.1) is 0 Å². The Morgan fingerprint density at radius 1 is 0.810 bits per heavy atom.